The average Bonchev–Trinajstić information content (AvgIpc) is 0.850. The first-order chi connectivity index (χ1) is 51.9. The minimum Gasteiger partial charge on any atom is -0.502 e. The van der Waals surface area contributed by atoms with E-state index in [1.54, 1.807) is 128 Å². The molecular weight excluding hydrogens is 1400 g/mol. The summed E-state index contributed by atoms with van der Waals surface area (Å²) in [6, 6.07) is 16.6. The predicted octanol–water partition coefficient (Wildman–Crippen LogP) is 18.9. The van der Waals surface area contributed by atoms with Crippen LogP contribution in [-0.4, -0.2) is 236 Å². The van der Waals surface area contributed by atoms with Crippen molar-refractivity contribution < 1.29 is 105 Å². The van der Waals surface area contributed by atoms with Crippen molar-refractivity contribution in [2.24, 2.45) is 16.2 Å². The fourth-order valence-corrected chi connectivity index (χ4v) is 7.84. The lowest BCUT2D eigenvalue weighted by molar-refractivity contribution is -0.152. The Morgan fingerprint density at radius 2 is 0.514 bits per heavy atom. The number of hydrogen-bond acceptors (Lipinski definition) is 22. The maximum absolute atomic E-state index is 8.76. The summed E-state index contributed by atoms with van der Waals surface area (Å²) in [5, 5.41) is 23.8. The van der Waals surface area contributed by atoms with Crippen LogP contribution in [0, 0.1) is 16.2 Å². The van der Waals surface area contributed by atoms with E-state index < -0.39 is 0 Å². The van der Waals surface area contributed by atoms with Crippen molar-refractivity contribution in [3.63, 3.8) is 0 Å². The minimum atomic E-state index is 0. The summed E-state index contributed by atoms with van der Waals surface area (Å²) in [5.41, 5.74) is 5.31. The van der Waals surface area contributed by atoms with Crippen LogP contribution >= 0.6 is 0 Å². The molecule has 109 heavy (non-hydrogen) atoms. The molecule has 658 valence electrons. The third-order valence-corrected chi connectivity index (χ3v) is 14.0. The monoisotopic (exact) mass is 1580 g/mol. The van der Waals surface area contributed by atoms with Crippen LogP contribution in [0.2, 0.25) is 0 Å². The van der Waals surface area contributed by atoms with Gasteiger partial charge in [0.25, 0.3) is 0 Å². The Morgan fingerprint density at radius 3 is 0.670 bits per heavy atom. The third-order valence-electron chi connectivity index (χ3n) is 14.0. The summed E-state index contributed by atoms with van der Waals surface area (Å²) in [5.74, 6) is 0. The van der Waals surface area contributed by atoms with Gasteiger partial charge in [0.15, 0.2) is 0 Å². The summed E-state index contributed by atoms with van der Waals surface area (Å²) < 4.78 is 90.3. The molecular formula is C87H178O22. The molecule has 0 amide bonds. The molecule has 5 rings (SSSR count). The molecule has 3 fully saturated rings. The first-order valence-electron chi connectivity index (χ1n) is 37.3. The van der Waals surface area contributed by atoms with Crippen molar-refractivity contribution in [1.29, 1.82) is 0 Å². The number of unbranched alkanes of at least 4 members (excludes halogenated alkanes) is 14. The second-order valence-corrected chi connectivity index (χ2v) is 24.2. The molecule has 22 heteroatoms. The number of aliphatic hydroxyl groups excluding tert-OH is 3. The fourth-order valence-electron chi connectivity index (χ4n) is 7.84. The number of ether oxygens (including phenoxy) is 19. The Kier molecular flexibility index (Phi) is 152. The van der Waals surface area contributed by atoms with Gasteiger partial charge in [0.2, 0.25) is 0 Å². The van der Waals surface area contributed by atoms with Crippen LogP contribution in [0.15, 0.2) is 113 Å². The standard InChI is InChI=1S/C20H30O4.C14H28O.C12H14O2.C10H20O.C6H12O2.C4H8O2.9C2H6O.CH4O.2CH4/c1-3-19(13-23-14-19)11-21-9-17-5-7-18(8-6-17)10-22-12-20(4-2)15-24-16-20;1-3-5-6-7-8-9-10-11-12-13-14-15-4-2;1-3-13-9-11-5-7-12(8-6-11)10-14-4-2;1-3-5-6-7-8-9-10-11-4-2;1-2-6(3-7)4-8-5-6;1-2-6-4-3-5;9*1-3-2;1-2;;/h5-8H,3-4,9-16H2,1-2H3;4H,2-3,5-14H2,1H3;3-8H,1-2,9-10H2;4H,2-3,5-10H2,1H3;7H,2-5H2,1H3;2,5H,1,3-4H2;9*1-2H3;2H,1H3;2*1H4. The van der Waals surface area contributed by atoms with E-state index in [0.29, 0.717) is 33.0 Å². The molecule has 2 aromatic carbocycles. The smallest absolute Gasteiger partial charge is 0.112 e. The fraction of sp³-hybridized carbons (Fsp3) is 0.747. The van der Waals surface area contributed by atoms with E-state index >= 15 is 0 Å². The van der Waals surface area contributed by atoms with E-state index in [1.807, 2.05) is 24.3 Å². The van der Waals surface area contributed by atoms with Gasteiger partial charge in [-0.05, 0) is 54.4 Å². The third kappa shape index (κ3) is 114. The molecule has 3 N–H and O–H groups in total. The Balaban J connectivity index is -0.0000000882. The molecule has 3 saturated heterocycles. The molecule has 0 radical (unpaired) electrons. The van der Waals surface area contributed by atoms with Crippen LogP contribution < -0.4 is 0 Å². The highest BCUT2D eigenvalue weighted by molar-refractivity contribution is 5.22. The van der Waals surface area contributed by atoms with Crippen molar-refractivity contribution in [3.8, 4) is 0 Å². The zero-order chi connectivity index (χ0) is 83.9. The zero-order valence-corrected chi connectivity index (χ0v) is 73.1. The first-order valence-corrected chi connectivity index (χ1v) is 37.3. The highest BCUT2D eigenvalue weighted by atomic mass is 16.5. The van der Waals surface area contributed by atoms with Crippen molar-refractivity contribution in [3.05, 3.63) is 135 Å². The first kappa shape index (κ1) is 134. The van der Waals surface area contributed by atoms with Gasteiger partial charge in [-0.3, -0.25) is 0 Å². The lowest BCUT2D eigenvalue weighted by atomic mass is 9.84. The van der Waals surface area contributed by atoms with Gasteiger partial charge >= 0.3 is 0 Å². The van der Waals surface area contributed by atoms with E-state index in [4.69, 9.17) is 58.0 Å². The maximum atomic E-state index is 8.76. The number of methoxy groups -OCH3 is 9. The molecule has 22 nitrogen and oxygen atoms in total. The van der Waals surface area contributed by atoms with Gasteiger partial charge in [-0.1, -0.05) is 221 Å². The van der Waals surface area contributed by atoms with Gasteiger partial charge in [-0.15, -0.1) is 0 Å². The number of hydrogen-bond donors (Lipinski definition) is 3. The molecule has 0 saturated carbocycles. The van der Waals surface area contributed by atoms with E-state index in [0.717, 1.165) is 104 Å². The maximum Gasteiger partial charge on any atom is 0.112 e. The van der Waals surface area contributed by atoms with Crippen LogP contribution in [0.4, 0.5) is 0 Å². The van der Waals surface area contributed by atoms with E-state index in [9.17, 15) is 0 Å². The molecule has 3 aliphatic heterocycles. The molecule has 0 bridgehead atoms. The quantitative estimate of drug-likeness (QED) is 0.0414. The van der Waals surface area contributed by atoms with Crippen LogP contribution in [-0.2, 0) is 116 Å². The van der Waals surface area contributed by atoms with E-state index in [-0.39, 0.29) is 44.3 Å². The van der Waals surface area contributed by atoms with Gasteiger partial charge in [0, 0.05) is 151 Å². The number of rotatable bonds is 41. The minimum absolute atomic E-state index is 0. The highest BCUT2D eigenvalue weighted by Gasteiger charge is 2.38. The molecule has 0 aliphatic carbocycles. The van der Waals surface area contributed by atoms with E-state index in [1.165, 1.54) is 145 Å². The summed E-state index contributed by atoms with van der Waals surface area (Å²) in [7, 11) is 30.2. The summed E-state index contributed by atoms with van der Waals surface area (Å²) in [4.78, 5) is 0. The van der Waals surface area contributed by atoms with Gasteiger partial charge < -0.3 is 105 Å². The molecule has 0 atom stereocenters. The Bertz CT molecular complexity index is 1700. The van der Waals surface area contributed by atoms with Crippen LogP contribution in [0.25, 0.3) is 0 Å². The molecule has 0 unspecified atom stereocenters. The van der Waals surface area contributed by atoms with Crippen molar-refractivity contribution in [1.82, 2.24) is 0 Å². The Hall–Kier alpha value is -4.54. The molecule has 0 spiro atoms. The second-order valence-electron chi connectivity index (χ2n) is 24.2. The molecule has 0 aromatic heterocycles. The van der Waals surface area contributed by atoms with Crippen LogP contribution in [0.3, 0.4) is 0 Å². The topological polar surface area (TPSA) is 236 Å². The highest BCUT2D eigenvalue weighted by Crippen LogP contribution is 2.33. The Morgan fingerprint density at radius 1 is 0.312 bits per heavy atom. The van der Waals surface area contributed by atoms with Crippen molar-refractivity contribution in [2.45, 2.75) is 198 Å². The largest absolute Gasteiger partial charge is 0.502 e. The van der Waals surface area contributed by atoms with Gasteiger partial charge in [0.05, 0.1) is 124 Å². The number of aliphatic hydroxyl groups is 3. The van der Waals surface area contributed by atoms with E-state index in [2.05, 4.69) is 139 Å². The van der Waals surface area contributed by atoms with Gasteiger partial charge in [0.1, 0.15) is 19.8 Å². The SMILES string of the molecule is C.C.C=COCCCCCCCC.C=COCCCCCCCCCCCC.C=COCCO.C=COCc1ccc(COC=C)cc1.CCC1(CO)COC1.CCC1(COCc2ccc(COCC3(CC)COC3)cc2)COC1.CO.COC.COC.COC.COC.COC.COC.COC.COC.COC. The number of benzene rings is 2. The lowest BCUT2D eigenvalue weighted by Crippen LogP contribution is -2.45. The van der Waals surface area contributed by atoms with Gasteiger partial charge in [-0.25, -0.2) is 0 Å². The lowest BCUT2D eigenvalue weighted by Gasteiger charge is -2.40. The molecule has 3 heterocycles. The summed E-state index contributed by atoms with van der Waals surface area (Å²) in [6.07, 6.45) is 32.2. The van der Waals surface area contributed by atoms with Crippen LogP contribution in [0.5, 0.6) is 0 Å². The summed E-state index contributed by atoms with van der Waals surface area (Å²) >= 11 is 0. The predicted molar refractivity (Wildman–Crippen MR) is 459 cm³/mol. The molecule has 3 aliphatic rings. The Labute approximate surface area is 672 Å². The normalized spacial score (nSPS) is 12.0. The van der Waals surface area contributed by atoms with Crippen molar-refractivity contribution in [2.75, 3.05) is 221 Å². The van der Waals surface area contributed by atoms with Crippen molar-refractivity contribution >= 4 is 0 Å². The summed E-state index contributed by atoms with van der Waals surface area (Å²) in [6.45, 7) is 39.5. The second kappa shape index (κ2) is 124. The average molecular weight is 1580 g/mol. The van der Waals surface area contributed by atoms with Crippen LogP contribution in [0.1, 0.15) is 194 Å². The van der Waals surface area contributed by atoms with Gasteiger partial charge in [-0.2, -0.15) is 0 Å². The molecule has 2 aromatic rings. The zero-order valence-electron chi connectivity index (χ0n) is 73.1.